The summed E-state index contributed by atoms with van der Waals surface area (Å²) in [4.78, 5) is 4.27. The lowest BCUT2D eigenvalue weighted by Crippen LogP contribution is -1.93. The van der Waals surface area contributed by atoms with E-state index in [0.717, 1.165) is 11.3 Å². The molecule has 2 aromatic rings. The van der Waals surface area contributed by atoms with Crippen LogP contribution in [0.1, 0.15) is 12.5 Å². The van der Waals surface area contributed by atoms with Crippen molar-refractivity contribution in [2.24, 2.45) is 4.99 Å². The number of benzene rings is 2. The van der Waals surface area contributed by atoms with Gasteiger partial charge in [0.2, 0.25) is 0 Å². The van der Waals surface area contributed by atoms with Crippen molar-refractivity contribution in [3.63, 3.8) is 0 Å². The molecule has 0 saturated carbocycles. The highest BCUT2D eigenvalue weighted by atomic mass is 19.1. The van der Waals surface area contributed by atoms with Crippen LogP contribution in [-0.4, -0.2) is 5.71 Å². The fourth-order valence-corrected chi connectivity index (χ4v) is 1.47. The molecule has 0 aliphatic heterocycles. The summed E-state index contributed by atoms with van der Waals surface area (Å²) in [6, 6.07) is 16.3. The summed E-state index contributed by atoms with van der Waals surface area (Å²) in [6.07, 6.45) is 0. The highest BCUT2D eigenvalue weighted by molar-refractivity contribution is 6.00. The van der Waals surface area contributed by atoms with Gasteiger partial charge in [-0.2, -0.15) is 0 Å². The number of rotatable bonds is 2. The normalized spacial score (nSPS) is 11.5. The van der Waals surface area contributed by atoms with Gasteiger partial charge < -0.3 is 0 Å². The number of aliphatic imine (C=N–C) groups is 1. The smallest absolute Gasteiger partial charge is 0.148 e. The number of hydrogen-bond acceptors (Lipinski definition) is 1. The Labute approximate surface area is 94.3 Å². The molecular weight excluding hydrogens is 201 g/mol. The Kier molecular flexibility index (Phi) is 3.10. The summed E-state index contributed by atoms with van der Waals surface area (Å²) in [5.74, 6) is -0.294. The van der Waals surface area contributed by atoms with Crippen molar-refractivity contribution < 1.29 is 4.39 Å². The van der Waals surface area contributed by atoms with Crippen LogP contribution in [0.5, 0.6) is 0 Å². The van der Waals surface area contributed by atoms with Gasteiger partial charge >= 0.3 is 0 Å². The molecule has 2 heteroatoms. The van der Waals surface area contributed by atoms with Crippen LogP contribution in [0.25, 0.3) is 0 Å². The van der Waals surface area contributed by atoms with Gasteiger partial charge in [0.1, 0.15) is 5.82 Å². The molecule has 0 aliphatic carbocycles. The molecule has 0 radical (unpaired) electrons. The van der Waals surface area contributed by atoms with E-state index in [1.165, 1.54) is 6.07 Å². The average Bonchev–Trinajstić information content (AvgIpc) is 2.33. The summed E-state index contributed by atoms with van der Waals surface area (Å²) >= 11 is 0. The Bertz CT molecular complexity index is 503. The van der Waals surface area contributed by atoms with Crippen molar-refractivity contribution in [2.75, 3.05) is 0 Å². The first-order valence-electron chi connectivity index (χ1n) is 5.12. The molecule has 0 saturated heterocycles. The van der Waals surface area contributed by atoms with Gasteiger partial charge in [-0.3, -0.25) is 4.99 Å². The molecule has 0 bridgehead atoms. The molecule has 0 aliphatic rings. The fourth-order valence-electron chi connectivity index (χ4n) is 1.47. The van der Waals surface area contributed by atoms with Gasteiger partial charge in [0.25, 0.3) is 0 Å². The fraction of sp³-hybridized carbons (Fsp3) is 0.0714. The molecule has 1 nitrogen and oxygen atoms in total. The van der Waals surface area contributed by atoms with Crippen LogP contribution < -0.4 is 0 Å². The van der Waals surface area contributed by atoms with E-state index in [0.29, 0.717) is 5.69 Å². The maximum atomic E-state index is 13.4. The van der Waals surface area contributed by atoms with Crippen molar-refractivity contribution in [1.29, 1.82) is 0 Å². The van der Waals surface area contributed by atoms with E-state index in [4.69, 9.17) is 0 Å². The molecule has 0 aromatic heterocycles. The van der Waals surface area contributed by atoms with Gasteiger partial charge in [0.05, 0.1) is 5.69 Å². The third-order valence-corrected chi connectivity index (χ3v) is 2.33. The van der Waals surface area contributed by atoms with Gasteiger partial charge in [0, 0.05) is 5.71 Å². The maximum Gasteiger partial charge on any atom is 0.148 e. The Morgan fingerprint density at radius 3 is 2.25 bits per heavy atom. The van der Waals surface area contributed by atoms with E-state index in [-0.39, 0.29) is 5.82 Å². The third kappa shape index (κ3) is 2.34. The Morgan fingerprint density at radius 1 is 0.938 bits per heavy atom. The van der Waals surface area contributed by atoms with E-state index in [1.807, 2.05) is 37.3 Å². The maximum absolute atomic E-state index is 13.4. The molecule has 2 aromatic carbocycles. The van der Waals surface area contributed by atoms with Crippen molar-refractivity contribution in [3.8, 4) is 0 Å². The summed E-state index contributed by atoms with van der Waals surface area (Å²) in [5, 5.41) is 0. The van der Waals surface area contributed by atoms with E-state index < -0.39 is 0 Å². The molecule has 0 heterocycles. The zero-order valence-corrected chi connectivity index (χ0v) is 9.02. The first-order valence-corrected chi connectivity index (χ1v) is 5.12. The van der Waals surface area contributed by atoms with Gasteiger partial charge in [-0.1, -0.05) is 42.5 Å². The summed E-state index contributed by atoms with van der Waals surface area (Å²) in [7, 11) is 0. The predicted molar refractivity (Wildman–Crippen MR) is 64.7 cm³/mol. The van der Waals surface area contributed by atoms with Gasteiger partial charge in [0.15, 0.2) is 0 Å². The standard InChI is InChI=1S/C14H12FN/c1-11(12-7-3-2-4-8-12)16-14-10-6-5-9-13(14)15/h2-10H,1H3. The third-order valence-electron chi connectivity index (χ3n) is 2.33. The molecular formula is C14H12FN. The monoisotopic (exact) mass is 213 g/mol. The molecule has 0 fully saturated rings. The largest absolute Gasteiger partial charge is 0.250 e. The SMILES string of the molecule is CC(=Nc1ccccc1F)c1ccccc1. The molecule has 16 heavy (non-hydrogen) atoms. The van der Waals surface area contributed by atoms with Crippen LogP contribution in [0.3, 0.4) is 0 Å². The topological polar surface area (TPSA) is 12.4 Å². The molecule has 0 unspecified atom stereocenters. The average molecular weight is 213 g/mol. The zero-order valence-electron chi connectivity index (χ0n) is 9.02. The molecule has 0 amide bonds. The molecule has 0 N–H and O–H groups in total. The van der Waals surface area contributed by atoms with E-state index >= 15 is 0 Å². The summed E-state index contributed by atoms with van der Waals surface area (Å²) < 4.78 is 13.4. The lowest BCUT2D eigenvalue weighted by Gasteiger charge is -2.01. The minimum Gasteiger partial charge on any atom is -0.250 e. The lowest BCUT2D eigenvalue weighted by molar-refractivity contribution is 0.630. The van der Waals surface area contributed by atoms with E-state index in [1.54, 1.807) is 18.2 Å². The molecule has 80 valence electrons. The number of para-hydroxylation sites is 1. The minimum atomic E-state index is -0.294. The molecule has 2 rings (SSSR count). The Balaban J connectivity index is 2.36. The second-order valence-corrected chi connectivity index (χ2v) is 3.51. The lowest BCUT2D eigenvalue weighted by atomic mass is 10.1. The highest BCUT2D eigenvalue weighted by Crippen LogP contribution is 2.17. The number of halogens is 1. The van der Waals surface area contributed by atoms with Crippen LogP contribution in [0.15, 0.2) is 59.6 Å². The van der Waals surface area contributed by atoms with Crippen LogP contribution in [-0.2, 0) is 0 Å². The number of nitrogens with zero attached hydrogens (tertiary/aromatic N) is 1. The second kappa shape index (κ2) is 4.71. The summed E-state index contributed by atoms with van der Waals surface area (Å²) in [6.45, 7) is 1.88. The minimum absolute atomic E-state index is 0.294. The molecule has 0 atom stereocenters. The van der Waals surface area contributed by atoms with Gasteiger partial charge in [-0.05, 0) is 24.6 Å². The Hall–Kier alpha value is -1.96. The quantitative estimate of drug-likeness (QED) is 0.669. The van der Waals surface area contributed by atoms with E-state index in [2.05, 4.69) is 4.99 Å². The highest BCUT2D eigenvalue weighted by Gasteiger charge is 2.00. The second-order valence-electron chi connectivity index (χ2n) is 3.51. The van der Waals surface area contributed by atoms with Gasteiger partial charge in [-0.25, -0.2) is 4.39 Å². The van der Waals surface area contributed by atoms with E-state index in [9.17, 15) is 4.39 Å². The van der Waals surface area contributed by atoms with Crippen LogP contribution in [0.4, 0.5) is 10.1 Å². The van der Waals surface area contributed by atoms with Crippen molar-refractivity contribution >= 4 is 11.4 Å². The zero-order chi connectivity index (χ0) is 11.4. The predicted octanol–water partition coefficient (Wildman–Crippen LogP) is 3.97. The van der Waals surface area contributed by atoms with Crippen LogP contribution in [0, 0.1) is 5.82 Å². The number of hydrogen-bond donors (Lipinski definition) is 0. The molecule has 0 spiro atoms. The van der Waals surface area contributed by atoms with Gasteiger partial charge in [-0.15, -0.1) is 0 Å². The summed E-state index contributed by atoms with van der Waals surface area (Å²) in [5.41, 5.74) is 2.19. The van der Waals surface area contributed by atoms with Crippen molar-refractivity contribution in [2.45, 2.75) is 6.92 Å². The van der Waals surface area contributed by atoms with Crippen molar-refractivity contribution in [3.05, 3.63) is 66.0 Å². The van der Waals surface area contributed by atoms with Crippen LogP contribution >= 0.6 is 0 Å². The Morgan fingerprint density at radius 2 is 1.56 bits per heavy atom. The first-order chi connectivity index (χ1) is 7.77. The first kappa shape index (κ1) is 10.6. The van der Waals surface area contributed by atoms with Crippen molar-refractivity contribution in [1.82, 2.24) is 0 Å². The van der Waals surface area contributed by atoms with Crippen LogP contribution in [0.2, 0.25) is 0 Å².